The molecule has 2 N–H and O–H groups in total. The Morgan fingerprint density at radius 1 is 0.871 bits per heavy atom. The van der Waals surface area contributed by atoms with Crippen molar-refractivity contribution in [3.05, 3.63) is 78.1 Å². The summed E-state index contributed by atoms with van der Waals surface area (Å²) in [5.74, 6) is 0.306. The molecule has 2 amide bonds. The predicted octanol–water partition coefficient (Wildman–Crippen LogP) is 4.83. The highest BCUT2D eigenvalue weighted by Crippen LogP contribution is 2.28. The Morgan fingerprint density at radius 3 is 2.32 bits per heavy atom. The number of rotatable bonds is 8. The largest absolute Gasteiger partial charge is 0.493 e. The Bertz CT molecular complexity index is 1070. The third-order valence-corrected chi connectivity index (χ3v) is 5.23. The number of ether oxygens (including phenoxy) is 2. The molecular weight excluding hydrogens is 419 g/mol. The standard InChI is InChI=1S/C23H21FN2O4S/c1-29-20-11-6-15(12-21(20)30-2)23(28)26-18-4-3-5-19(13-18)31-14-22(27)25-17-9-7-16(24)8-10-17/h3-13H,14H2,1-2H3,(H,25,27)(H,26,28). The molecule has 6 nitrogen and oxygen atoms in total. The number of carbonyl (C=O) groups excluding carboxylic acids is 2. The maximum atomic E-state index is 12.9. The van der Waals surface area contributed by atoms with Gasteiger partial charge in [-0.3, -0.25) is 9.59 Å². The summed E-state index contributed by atoms with van der Waals surface area (Å²) in [5.41, 5.74) is 1.56. The zero-order chi connectivity index (χ0) is 22.2. The normalized spacial score (nSPS) is 10.3. The van der Waals surface area contributed by atoms with E-state index in [4.69, 9.17) is 9.47 Å². The van der Waals surface area contributed by atoms with Gasteiger partial charge >= 0.3 is 0 Å². The van der Waals surface area contributed by atoms with Gasteiger partial charge in [-0.2, -0.15) is 0 Å². The lowest BCUT2D eigenvalue weighted by atomic mass is 10.2. The fourth-order valence-electron chi connectivity index (χ4n) is 2.72. The second-order valence-corrected chi connectivity index (χ2v) is 7.44. The molecule has 8 heteroatoms. The number of benzene rings is 3. The van der Waals surface area contributed by atoms with Crippen molar-refractivity contribution in [2.24, 2.45) is 0 Å². The zero-order valence-corrected chi connectivity index (χ0v) is 17.8. The lowest BCUT2D eigenvalue weighted by Gasteiger charge is -2.11. The molecule has 0 spiro atoms. The SMILES string of the molecule is COc1ccc(C(=O)Nc2cccc(SCC(=O)Nc3ccc(F)cc3)c2)cc1OC. The van der Waals surface area contributed by atoms with Crippen LogP contribution in [0.5, 0.6) is 11.5 Å². The quantitative estimate of drug-likeness (QED) is 0.491. The lowest BCUT2D eigenvalue weighted by molar-refractivity contribution is -0.113. The highest BCUT2D eigenvalue weighted by molar-refractivity contribution is 8.00. The van der Waals surface area contributed by atoms with E-state index in [9.17, 15) is 14.0 Å². The Labute approximate surface area is 183 Å². The number of methoxy groups -OCH3 is 2. The van der Waals surface area contributed by atoms with E-state index in [1.54, 1.807) is 36.4 Å². The second-order valence-electron chi connectivity index (χ2n) is 6.40. The van der Waals surface area contributed by atoms with E-state index in [0.717, 1.165) is 4.90 Å². The van der Waals surface area contributed by atoms with Crippen LogP contribution in [0.25, 0.3) is 0 Å². The van der Waals surface area contributed by atoms with Crippen LogP contribution in [-0.2, 0) is 4.79 Å². The van der Waals surface area contributed by atoms with Gasteiger partial charge in [-0.15, -0.1) is 11.8 Å². The molecule has 160 valence electrons. The van der Waals surface area contributed by atoms with Crippen molar-refractivity contribution in [2.75, 3.05) is 30.6 Å². The monoisotopic (exact) mass is 440 g/mol. The summed E-state index contributed by atoms with van der Waals surface area (Å²) in [6.07, 6.45) is 0. The predicted molar refractivity (Wildman–Crippen MR) is 120 cm³/mol. The zero-order valence-electron chi connectivity index (χ0n) is 17.0. The maximum absolute atomic E-state index is 12.9. The molecule has 3 rings (SSSR count). The highest BCUT2D eigenvalue weighted by Gasteiger charge is 2.12. The van der Waals surface area contributed by atoms with Crippen molar-refractivity contribution in [2.45, 2.75) is 4.90 Å². The molecule has 0 atom stereocenters. The number of nitrogens with one attached hydrogen (secondary N) is 2. The van der Waals surface area contributed by atoms with E-state index in [1.807, 2.05) is 6.07 Å². The summed E-state index contributed by atoms with van der Waals surface area (Å²) in [5, 5.41) is 5.55. The van der Waals surface area contributed by atoms with E-state index < -0.39 is 0 Å². The number of hydrogen-bond acceptors (Lipinski definition) is 5. The van der Waals surface area contributed by atoms with Crippen LogP contribution in [0.4, 0.5) is 15.8 Å². The fourth-order valence-corrected chi connectivity index (χ4v) is 3.48. The number of carbonyl (C=O) groups is 2. The van der Waals surface area contributed by atoms with E-state index in [1.165, 1.54) is 50.2 Å². The Balaban J connectivity index is 1.59. The van der Waals surface area contributed by atoms with Crippen molar-refractivity contribution in [1.29, 1.82) is 0 Å². The van der Waals surface area contributed by atoms with Gasteiger partial charge in [0, 0.05) is 21.8 Å². The summed E-state index contributed by atoms with van der Waals surface area (Å²) < 4.78 is 23.4. The summed E-state index contributed by atoms with van der Waals surface area (Å²) in [6, 6.07) is 17.7. The van der Waals surface area contributed by atoms with Gasteiger partial charge in [0.1, 0.15) is 5.82 Å². The number of thioether (sulfide) groups is 1. The first kappa shape index (κ1) is 22.2. The molecule has 0 fully saturated rings. The van der Waals surface area contributed by atoms with Crippen molar-refractivity contribution in [3.63, 3.8) is 0 Å². The summed E-state index contributed by atoms with van der Waals surface area (Å²) in [6.45, 7) is 0. The van der Waals surface area contributed by atoms with E-state index >= 15 is 0 Å². The molecule has 0 unspecified atom stereocenters. The van der Waals surface area contributed by atoms with Crippen LogP contribution in [0, 0.1) is 5.82 Å². The summed E-state index contributed by atoms with van der Waals surface area (Å²) >= 11 is 1.33. The summed E-state index contributed by atoms with van der Waals surface area (Å²) in [7, 11) is 3.03. The molecule has 31 heavy (non-hydrogen) atoms. The molecular formula is C23H21FN2O4S. The van der Waals surface area contributed by atoms with Crippen LogP contribution < -0.4 is 20.1 Å². The molecule has 0 bridgehead atoms. The summed E-state index contributed by atoms with van der Waals surface area (Å²) in [4.78, 5) is 25.5. The Morgan fingerprint density at radius 2 is 1.61 bits per heavy atom. The molecule has 0 radical (unpaired) electrons. The third kappa shape index (κ3) is 6.23. The van der Waals surface area contributed by atoms with Crippen LogP contribution in [0.3, 0.4) is 0 Å². The van der Waals surface area contributed by atoms with Gasteiger partial charge in [0.2, 0.25) is 5.91 Å². The van der Waals surface area contributed by atoms with E-state index in [2.05, 4.69) is 10.6 Å². The molecule has 0 saturated carbocycles. The van der Waals surface area contributed by atoms with Crippen LogP contribution in [0.2, 0.25) is 0 Å². The van der Waals surface area contributed by atoms with E-state index in [0.29, 0.717) is 28.4 Å². The molecule has 3 aromatic rings. The molecule has 0 aliphatic rings. The molecule has 0 aliphatic carbocycles. The Kier molecular flexibility index (Phi) is 7.50. The van der Waals surface area contributed by atoms with Crippen LogP contribution in [-0.4, -0.2) is 31.8 Å². The minimum atomic E-state index is -0.362. The number of hydrogen-bond donors (Lipinski definition) is 2. The molecule has 0 aromatic heterocycles. The van der Waals surface area contributed by atoms with Crippen LogP contribution in [0.15, 0.2) is 71.6 Å². The van der Waals surface area contributed by atoms with Crippen molar-refractivity contribution in [1.82, 2.24) is 0 Å². The van der Waals surface area contributed by atoms with Crippen LogP contribution in [0.1, 0.15) is 10.4 Å². The van der Waals surface area contributed by atoms with Crippen molar-refractivity contribution < 1.29 is 23.5 Å². The van der Waals surface area contributed by atoms with Gasteiger partial charge in [0.15, 0.2) is 11.5 Å². The fraction of sp³-hybridized carbons (Fsp3) is 0.130. The average Bonchev–Trinajstić information content (AvgIpc) is 2.79. The molecule has 0 saturated heterocycles. The third-order valence-electron chi connectivity index (χ3n) is 4.24. The van der Waals surface area contributed by atoms with Gasteiger partial charge in [0.05, 0.1) is 20.0 Å². The maximum Gasteiger partial charge on any atom is 0.255 e. The van der Waals surface area contributed by atoms with Crippen molar-refractivity contribution in [3.8, 4) is 11.5 Å². The average molecular weight is 440 g/mol. The molecule has 0 heterocycles. The lowest BCUT2D eigenvalue weighted by Crippen LogP contribution is -2.14. The van der Waals surface area contributed by atoms with E-state index in [-0.39, 0.29) is 23.4 Å². The highest BCUT2D eigenvalue weighted by atomic mass is 32.2. The minimum Gasteiger partial charge on any atom is -0.493 e. The van der Waals surface area contributed by atoms with Crippen molar-refractivity contribution >= 4 is 35.0 Å². The van der Waals surface area contributed by atoms with Gasteiger partial charge in [-0.1, -0.05) is 6.07 Å². The Hall–Kier alpha value is -3.52. The van der Waals surface area contributed by atoms with Gasteiger partial charge < -0.3 is 20.1 Å². The van der Waals surface area contributed by atoms with Gasteiger partial charge in [-0.05, 0) is 60.7 Å². The van der Waals surface area contributed by atoms with Gasteiger partial charge in [-0.25, -0.2) is 4.39 Å². The number of anilines is 2. The smallest absolute Gasteiger partial charge is 0.255 e. The second kappa shape index (κ2) is 10.5. The van der Waals surface area contributed by atoms with Crippen LogP contribution >= 0.6 is 11.8 Å². The topological polar surface area (TPSA) is 76.7 Å². The first-order valence-electron chi connectivity index (χ1n) is 9.30. The number of halogens is 1. The first-order valence-corrected chi connectivity index (χ1v) is 10.3. The molecule has 3 aromatic carbocycles. The first-order chi connectivity index (χ1) is 15.0. The van der Waals surface area contributed by atoms with Gasteiger partial charge in [0.25, 0.3) is 5.91 Å². The number of amides is 2. The minimum absolute atomic E-state index is 0.171. The molecule has 0 aliphatic heterocycles.